The molecule has 2 aromatic carbocycles. The molecule has 2 amide bonds. The number of likely N-dealkylation sites (tertiary alicyclic amines) is 1. The Labute approximate surface area is 256 Å². The maximum atomic E-state index is 14.0. The molecule has 0 saturated carbocycles. The first-order chi connectivity index (χ1) is 20.8. The molecule has 2 aliphatic rings. The van der Waals surface area contributed by atoms with Crippen LogP contribution in [0, 0.1) is 5.41 Å². The van der Waals surface area contributed by atoms with Crippen LogP contribution in [0.5, 0.6) is 0 Å². The average Bonchev–Trinajstić information content (AvgIpc) is 3.62. The van der Waals surface area contributed by atoms with Gasteiger partial charge in [0.1, 0.15) is 17.9 Å². The minimum absolute atomic E-state index is 0.0326. The molecule has 0 spiro atoms. The number of nitrogens with two attached hydrogens (primary N) is 1. The van der Waals surface area contributed by atoms with Gasteiger partial charge in [-0.1, -0.05) is 6.07 Å². The van der Waals surface area contributed by atoms with Crippen molar-refractivity contribution in [1.29, 1.82) is 5.41 Å². The quantitative estimate of drug-likeness (QED) is 0.104. The predicted molar refractivity (Wildman–Crippen MR) is 167 cm³/mol. The van der Waals surface area contributed by atoms with E-state index in [4.69, 9.17) is 11.1 Å². The second kappa shape index (κ2) is 12.8. The Morgan fingerprint density at radius 2 is 1.82 bits per heavy atom. The lowest BCUT2D eigenvalue weighted by Gasteiger charge is -2.37. The summed E-state index contributed by atoms with van der Waals surface area (Å²) in [5.74, 6) is -2.27. The number of ether oxygens (including phenoxy) is 1. The molecule has 236 valence electrons. The minimum Gasteiger partial charge on any atom is -0.481 e. The van der Waals surface area contributed by atoms with E-state index in [1.165, 1.54) is 12.0 Å². The Balaban J connectivity index is 1.65. The lowest BCUT2D eigenvalue weighted by atomic mass is 9.80. The van der Waals surface area contributed by atoms with Gasteiger partial charge in [-0.25, -0.2) is 0 Å². The summed E-state index contributed by atoms with van der Waals surface area (Å²) >= 11 is 0. The molecule has 0 bridgehead atoms. The fourth-order valence-corrected chi connectivity index (χ4v) is 5.94. The Hall–Kier alpha value is -4.81. The molecule has 2 heterocycles. The fourth-order valence-electron chi connectivity index (χ4n) is 5.94. The van der Waals surface area contributed by atoms with E-state index >= 15 is 0 Å². The van der Waals surface area contributed by atoms with Gasteiger partial charge in [0.05, 0.1) is 36.9 Å². The third-order valence-corrected chi connectivity index (χ3v) is 8.60. The van der Waals surface area contributed by atoms with Gasteiger partial charge in [0, 0.05) is 45.0 Å². The first-order valence-electron chi connectivity index (χ1n) is 14.5. The molecule has 44 heavy (non-hydrogen) atoms. The number of esters is 1. The summed E-state index contributed by atoms with van der Waals surface area (Å²) < 4.78 is 4.65. The van der Waals surface area contributed by atoms with Crippen LogP contribution in [0.25, 0.3) is 0 Å². The monoisotopic (exact) mass is 607 g/mol. The highest BCUT2D eigenvalue weighted by atomic mass is 16.5. The highest BCUT2D eigenvalue weighted by Crippen LogP contribution is 2.43. The van der Waals surface area contributed by atoms with Crippen molar-refractivity contribution in [3.63, 3.8) is 0 Å². The molecular formula is C31H41N7O6. The number of nitrogens with one attached hydrogen (secondary N) is 3. The van der Waals surface area contributed by atoms with Crippen molar-refractivity contribution in [2.24, 2.45) is 5.73 Å². The van der Waals surface area contributed by atoms with Crippen molar-refractivity contribution in [1.82, 2.24) is 9.80 Å². The number of carbonyl (C=O) groups excluding carboxylic acids is 3. The highest BCUT2D eigenvalue weighted by Gasteiger charge is 2.46. The highest BCUT2D eigenvalue weighted by molar-refractivity contribution is 5.96. The number of hydrogen-bond acceptors (Lipinski definition) is 9. The number of benzene rings is 2. The van der Waals surface area contributed by atoms with Crippen LogP contribution in [-0.4, -0.2) is 97.5 Å². The maximum Gasteiger partial charge on any atom is 0.315 e. The van der Waals surface area contributed by atoms with Crippen molar-refractivity contribution in [2.75, 3.05) is 62.9 Å². The van der Waals surface area contributed by atoms with Gasteiger partial charge in [0.15, 0.2) is 0 Å². The van der Waals surface area contributed by atoms with Crippen LogP contribution >= 0.6 is 0 Å². The van der Waals surface area contributed by atoms with Crippen LogP contribution in [0.15, 0.2) is 42.5 Å². The summed E-state index contributed by atoms with van der Waals surface area (Å²) in [6, 6.07) is 12.5. The number of rotatable bonds is 12. The van der Waals surface area contributed by atoms with Gasteiger partial charge in [0.2, 0.25) is 11.8 Å². The van der Waals surface area contributed by atoms with E-state index in [0.29, 0.717) is 29.9 Å². The van der Waals surface area contributed by atoms with Gasteiger partial charge in [-0.3, -0.25) is 24.6 Å². The molecule has 0 radical (unpaired) electrons. The van der Waals surface area contributed by atoms with E-state index in [1.54, 1.807) is 43.1 Å². The van der Waals surface area contributed by atoms with Gasteiger partial charge < -0.3 is 40.9 Å². The third kappa shape index (κ3) is 6.56. The number of hydrogen-bond donors (Lipinski definition) is 5. The Kier molecular flexibility index (Phi) is 9.36. The molecule has 6 N–H and O–H groups in total. The number of likely N-dealkylation sites (N-methyl/N-ethyl adjacent to an activating group) is 2. The number of nitrogen functional groups attached to an aromatic ring is 1. The van der Waals surface area contributed by atoms with Gasteiger partial charge in [-0.05, 0) is 61.7 Å². The van der Waals surface area contributed by atoms with Gasteiger partial charge in [0.25, 0.3) is 0 Å². The largest absolute Gasteiger partial charge is 0.481 e. The van der Waals surface area contributed by atoms with Crippen LogP contribution in [0.4, 0.5) is 17.1 Å². The number of fused-ring (bicyclic) bond motifs is 1. The van der Waals surface area contributed by atoms with Crippen LogP contribution in [0.3, 0.4) is 0 Å². The molecule has 2 atom stereocenters. The lowest BCUT2D eigenvalue weighted by Crippen LogP contribution is -2.55. The zero-order valence-electron chi connectivity index (χ0n) is 25.6. The summed E-state index contributed by atoms with van der Waals surface area (Å²) in [5, 5.41) is 24.2. The van der Waals surface area contributed by atoms with E-state index in [-0.39, 0.29) is 31.3 Å². The van der Waals surface area contributed by atoms with Crippen LogP contribution in [-0.2, 0) is 29.3 Å². The van der Waals surface area contributed by atoms with Crippen molar-refractivity contribution < 1.29 is 29.0 Å². The van der Waals surface area contributed by atoms with Gasteiger partial charge in [-0.2, -0.15) is 0 Å². The number of anilines is 3. The Morgan fingerprint density at radius 3 is 2.41 bits per heavy atom. The fraction of sp³-hybridized carbons (Fsp3) is 0.452. The number of amidine groups is 1. The summed E-state index contributed by atoms with van der Waals surface area (Å²) in [4.78, 5) is 55.8. The van der Waals surface area contributed by atoms with Crippen molar-refractivity contribution in [3.05, 3.63) is 53.6 Å². The summed E-state index contributed by atoms with van der Waals surface area (Å²) in [7, 11) is 4.60. The normalized spacial score (nSPS) is 18.5. The topological polar surface area (TPSA) is 181 Å². The molecule has 4 rings (SSSR count). The van der Waals surface area contributed by atoms with E-state index < -0.39 is 35.3 Å². The molecule has 1 fully saturated rings. The molecular weight excluding hydrogens is 566 g/mol. The van der Waals surface area contributed by atoms with Crippen LogP contribution < -0.4 is 21.3 Å². The molecule has 2 unspecified atom stereocenters. The Bertz CT molecular complexity index is 1440. The Morgan fingerprint density at radius 1 is 1.16 bits per heavy atom. The zero-order valence-corrected chi connectivity index (χ0v) is 25.6. The molecule has 1 saturated heterocycles. The van der Waals surface area contributed by atoms with Crippen molar-refractivity contribution >= 4 is 46.7 Å². The van der Waals surface area contributed by atoms with Crippen molar-refractivity contribution in [3.8, 4) is 0 Å². The van der Waals surface area contributed by atoms with Gasteiger partial charge in [-0.15, -0.1) is 0 Å². The number of carbonyl (C=O) groups is 4. The SMILES string of the molecule is COC(=O)CC(=O)N(C)CC(C)(C(=O)N1CCCC1)c1ccc2c(c1)NC(CNc1ccc(C(=N)N)cc1)(CC(=O)O)N2C. The minimum atomic E-state index is -1.14. The number of methoxy groups -OCH3 is 1. The summed E-state index contributed by atoms with van der Waals surface area (Å²) in [5.41, 5.74) is 6.76. The second-order valence-electron chi connectivity index (χ2n) is 11.7. The van der Waals surface area contributed by atoms with E-state index in [0.717, 1.165) is 24.2 Å². The first kappa shape index (κ1) is 32.1. The van der Waals surface area contributed by atoms with E-state index in [2.05, 4.69) is 15.4 Å². The molecule has 2 aromatic rings. The van der Waals surface area contributed by atoms with E-state index in [1.807, 2.05) is 30.1 Å². The van der Waals surface area contributed by atoms with Crippen LogP contribution in [0.1, 0.15) is 43.7 Å². The number of carboxylic acids is 1. The molecule has 0 aliphatic carbocycles. The average molecular weight is 608 g/mol. The number of carboxylic acid groups (broad SMARTS) is 1. The molecule has 13 nitrogen and oxygen atoms in total. The van der Waals surface area contributed by atoms with Gasteiger partial charge >= 0.3 is 11.9 Å². The molecule has 2 aliphatic heterocycles. The smallest absolute Gasteiger partial charge is 0.315 e. The predicted octanol–water partition coefficient (Wildman–Crippen LogP) is 2.02. The number of nitrogens with zero attached hydrogens (tertiary/aromatic N) is 3. The summed E-state index contributed by atoms with van der Waals surface area (Å²) in [6.07, 6.45) is 1.13. The van der Waals surface area contributed by atoms with Crippen molar-refractivity contribution in [2.45, 2.75) is 43.7 Å². The zero-order chi connectivity index (χ0) is 32.2. The number of aliphatic carboxylic acids is 1. The van der Waals surface area contributed by atoms with E-state index in [9.17, 15) is 24.3 Å². The third-order valence-electron chi connectivity index (χ3n) is 8.60. The molecule has 0 aromatic heterocycles. The maximum absolute atomic E-state index is 14.0. The summed E-state index contributed by atoms with van der Waals surface area (Å²) in [6.45, 7) is 3.30. The lowest BCUT2D eigenvalue weighted by molar-refractivity contribution is -0.147. The standard InChI is InChI=1S/C31H41N7O6/c1-30(29(43)38-13-5-6-14-38,19-36(2)25(39)16-27(42)44-4)21-9-12-24-23(15-21)35-31(37(24)3,17-26(40)41)18-34-22-10-7-20(8-11-22)28(32)33/h7-12,15,34-35H,5-6,13-14,16-19H2,1-4H3,(H3,32,33)(H,40,41). The second-order valence-corrected chi connectivity index (χ2v) is 11.7. The first-order valence-corrected chi connectivity index (χ1v) is 14.5. The number of amides is 2. The van der Waals surface area contributed by atoms with Crippen LogP contribution in [0.2, 0.25) is 0 Å². The molecule has 13 heteroatoms.